The highest BCUT2D eigenvalue weighted by Crippen LogP contribution is 2.36. The maximum atomic E-state index is 13.0. The molecule has 0 bridgehead atoms. The summed E-state index contributed by atoms with van der Waals surface area (Å²) in [5.41, 5.74) is 6.19. The van der Waals surface area contributed by atoms with Gasteiger partial charge in [0.15, 0.2) is 23.0 Å². The molecule has 178 valence electrons. The maximum absolute atomic E-state index is 13.0. The van der Waals surface area contributed by atoms with Gasteiger partial charge < -0.3 is 29.3 Å². The molecule has 2 N–H and O–H groups in total. The molecule has 2 aliphatic rings. The minimum atomic E-state index is -3.00. The van der Waals surface area contributed by atoms with E-state index < -0.39 is 18.6 Å². The number of methoxy groups -OCH3 is 1. The van der Waals surface area contributed by atoms with Gasteiger partial charge in [0.1, 0.15) is 0 Å². The van der Waals surface area contributed by atoms with Crippen molar-refractivity contribution < 1.29 is 37.0 Å². The van der Waals surface area contributed by atoms with Gasteiger partial charge in [-0.2, -0.15) is 8.78 Å². The third-order valence-electron chi connectivity index (χ3n) is 5.36. The molecule has 0 radical (unpaired) electrons. The van der Waals surface area contributed by atoms with Crippen LogP contribution in [0.15, 0.2) is 22.6 Å². The van der Waals surface area contributed by atoms with Crippen LogP contribution in [0, 0.1) is 5.92 Å². The van der Waals surface area contributed by atoms with Crippen LogP contribution in [0.25, 0.3) is 11.5 Å². The Morgan fingerprint density at radius 3 is 2.67 bits per heavy atom. The molecular formula is C21H24F2N4O6. The van der Waals surface area contributed by atoms with Crippen LogP contribution in [0.1, 0.15) is 29.1 Å². The summed E-state index contributed by atoms with van der Waals surface area (Å²) in [5.74, 6) is 0.236. The van der Waals surface area contributed by atoms with E-state index in [2.05, 4.69) is 14.5 Å². The number of oxazole rings is 1. The summed E-state index contributed by atoms with van der Waals surface area (Å²) in [6.07, 6.45) is 1.52. The van der Waals surface area contributed by atoms with Gasteiger partial charge in [-0.05, 0) is 37.0 Å². The fourth-order valence-electron chi connectivity index (χ4n) is 3.40. The van der Waals surface area contributed by atoms with E-state index in [1.54, 1.807) is 0 Å². The quantitative estimate of drug-likeness (QED) is 0.631. The number of rotatable bonds is 8. The number of aromatic nitrogens is 1. The lowest BCUT2D eigenvalue weighted by atomic mass is 10.2. The van der Waals surface area contributed by atoms with Gasteiger partial charge in [0.2, 0.25) is 5.89 Å². The van der Waals surface area contributed by atoms with Crippen molar-refractivity contribution in [3.05, 3.63) is 29.7 Å². The summed E-state index contributed by atoms with van der Waals surface area (Å²) in [6.45, 7) is -2.01. The number of nitrogens with two attached hydrogens (primary N) is 1. The molecule has 1 aliphatic heterocycles. The van der Waals surface area contributed by atoms with Crippen molar-refractivity contribution in [2.24, 2.45) is 11.7 Å². The molecule has 1 saturated heterocycles. The number of alkyl halides is 2. The number of halogens is 2. The summed E-state index contributed by atoms with van der Waals surface area (Å²) in [7, 11) is 1.27. The van der Waals surface area contributed by atoms with E-state index in [9.17, 15) is 18.4 Å². The van der Waals surface area contributed by atoms with Crippen molar-refractivity contribution in [3.8, 4) is 23.0 Å². The molecule has 2 heterocycles. The minimum Gasteiger partial charge on any atom is -0.489 e. The number of benzene rings is 1. The molecule has 0 atom stereocenters. The molecule has 2 aromatic rings. The van der Waals surface area contributed by atoms with E-state index in [4.69, 9.17) is 14.9 Å². The van der Waals surface area contributed by atoms with Crippen LogP contribution in [0.4, 0.5) is 13.6 Å². The molecule has 1 aromatic carbocycles. The average Bonchev–Trinajstić information content (AvgIpc) is 3.33. The summed E-state index contributed by atoms with van der Waals surface area (Å²) in [4.78, 5) is 31.8. The maximum Gasteiger partial charge on any atom is 0.410 e. The number of amides is 2. The molecule has 2 fully saturated rings. The van der Waals surface area contributed by atoms with E-state index in [0.29, 0.717) is 31.2 Å². The number of hydrogen-bond donors (Lipinski definition) is 1. The van der Waals surface area contributed by atoms with Crippen LogP contribution in [0.3, 0.4) is 0 Å². The van der Waals surface area contributed by atoms with Crippen LogP contribution < -0.4 is 15.2 Å². The van der Waals surface area contributed by atoms with E-state index in [-0.39, 0.29) is 42.1 Å². The summed E-state index contributed by atoms with van der Waals surface area (Å²) in [6, 6.07) is 4.30. The number of carbonyl (C=O) groups is 2. The first-order valence-corrected chi connectivity index (χ1v) is 10.4. The zero-order valence-electron chi connectivity index (χ0n) is 18.0. The standard InChI is InChI=1S/C21H24F2N4O6/c1-30-21(29)27-7-6-26(11-27)19(28)17-16(9-24)32-18(25-17)13-4-5-14(33-20(22)23)15(8-13)31-10-12-2-3-12/h4-5,8,12,20H,2-3,6-7,9-11,24H2,1H3. The smallest absolute Gasteiger partial charge is 0.410 e. The first kappa shape index (κ1) is 22.8. The Balaban J connectivity index is 1.57. The summed E-state index contributed by atoms with van der Waals surface area (Å²) < 4.78 is 46.2. The molecule has 10 nitrogen and oxygen atoms in total. The highest BCUT2D eigenvalue weighted by Gasteiger charge is 2.32. The first-order valence-electron chi connectivity index (χ1n) is 10.4. The molecule has 0 spiro atoms. The van der Waals surface area contributed by atoms with Crippen LogP contribution >= 0.6 is 0 Å². The lowest BCUT2D eigenvalue weighted by Gasteiger charge is -2.16. The van der Waals surface area contributed by atoms with Gasteiger partial charge in [0.05, 0.1) is 26.9 Å². The van der Waals surface area contributed by atoms with Gasteiger partial charge >= 0.3 is 12.7 Å². The van der Waals surface area contributed by atoms with Crippen molar-refractivity contribution in [1.29, 1.82) is 0 Å². The second kappa shape index (κ2) is 9.61. The van der Waals surface area contributed by atoms with Crippen LogP contribution in [0.5, 0.6) is 11.5 Å². The Bertz CT molecular complexity index is 1030. The average molecular weight is 466 g/mol. The molecule has 33 heavy (non-hydrogen) atoms. The SMILES string of the molecule is COC(=O)N1CCN(C(=O)c2nc(-c3ccc(OC(F)F)c(OCC4CC4)c3)oc2CN)C1. The molecule has 4 rings (SSSR count). The van der Waals surface area contributed by atoms with Crippen molar-refractivity contribution in [3.63, 3.8) is 0 Å². The molecule has 1 saturated carbocycles. The van der Waals surface area contributed by atoms with E-state index in [1.807, 2.05) is 0 Å². The second-order valence-corrected chi connectivity index (χ2v) is 7.73. The van der Waals surface area contributed by atoms with Crippen molar-refractivity contribution >= 4 is 12.0 Å². The minimum absolute atomic E-state index is 0.0209. The van der Waals surface area contributed by atoms with Gasteiger partial charge in [0, 0.05) is 18.7 Å². The fourth-order valence-corrected chi connectivity index (χ4v) is 3.40. The second-order valence-electron chi connectivity index (χ2n) is 7.73. The number of nitrogens with zero attached hydrogens (tertiary/aromatic N) is 3. The number of hydrogen-bond acceptors (Lipinski definition) is 8. The lowest BCUT2D eigenvalue weighted by molar-refractivity contribution is -0.0515. The molecule has 1 aliphatic carbocycles. The zero-order valence-corrected chi connectivity index (χ0v) is 18.0. The molecular weight excluding hydrogens is 442 g/mol. The van der Waals surface area contributed by atoms with E-state index in [0.717, 1.165) is 12.8 Å². The molecule has 2 amide bonds. The summed E-state index contributed by atoms with van der Waals surface area (Å²) >= 11 is 0. The zero-order chi connectivity index (χ0) is 23.5. The Kier molecular flexibility index (Phi) is 6.63. The van der Waals surface area contributed by atoms with Crippen molar-refractivity contribution in [2.75, 3.05) is 33.5 Å². The third kappa shape index (κ3) is 5.16. The Morgan fingerprint density at radius 2 is 2.00 bits per heavy atom. The number of carbonyl (C=O) groups excluding carboxylic acids is 2. The Hall–Kier alpha value is -3.41. The van der Waals surface area contributed by atoms with Crippen LogP contribution in [-0.2, 0) is 11.3 Å². The Morgan fingerprint density at radius 1 is 1.24 bits per heavy atom. The van der Waals surface area contributed by atoms with Crippen LogP contribution in [0.2, 0.25) is 0 Å². The number of ether oxygens (including phenoxy) is 3. The first-order chi connectivity index (χ1) is 15.9. The van der Waals surface area contributed by atoms with E-state index in [1.165, 1.54) is 35.1 Å². The van der Waals surface area contributed by atoms with Crippen LogP contribution in [-0.4, -0.2) is 66.9 Å². The lowest BCUT2D eigenvalue weighted by Crippen LogP contribution is -2.34. The normalized spacial score (nSPS) is 15.8. The molecule has 0 unspecified atom stereocenters. The van der Waals surface area contributed by atoms with Crippen molar-refractivity contribution in [2.45, 2.75) is 26.0 Å². The highest BCUT2D eigenvalue weighted by atomic mass is 19.3. The topological polar surface area (TPSA) is 120 Å². The van der Waals surface area contributed by atoms with Gasteiger partial charge in [-0.15, -0.1) is 0 Å². The Labute approximate surface area is 188 Å². The van der Waals surface area contributed by atoms with Gasteiger partial charge in [-0.3, -0.25) is 9.69 Å². The molecule has 12 heteroatoms. The van der Waals surface area contributed by atoms with E-state index >= 15 is 0 Å². The van der Waals surface area contributed by atoms with Gasteiger partial charge in [0.25, 0.3) is 5.91 Å². The predicted molar refractivity (Wildman–Crippen MR) is 110 cm³/mol. The highest BCUT2D eigenvalue weighted by molar-refractivity contribution is 5.94. The van der Waals surface area contributed by atoms with Gasteiger partial charge in [-0.25, -0.2) is 9.78 Å². The largest absolute Gasteiger partial charge is 0.489 e. The van der Waals surface area contributed by atoms with Gasteiger partial charge in [-0.1, -0.05) is 0 Å². The fraction of sp³-hybridized carbons (Fsp3) is 0.476. The predicted octanol–water partition coefficient (Wildman–Crippen LogP) is 2.67. The monoisotopic (exact) mass is 466 g/mol. The summed E-state index contributed by atoms with van der Waals surface area (Å²) in [5, 5.41) is 0. The van der Waals surface area contributed by atoms with Crippen molar-refractivity contribution in [1.82, 2.24) is 14.8 Å². The molecule has 1 aromatic heterocycles. The third-order valence-corrected chi connectivity index (χ3v) is 5.36.